The summed E-state index contributed by atoms with van der Waals surface area (Å²) >= 11 is 0. The molecular weight excluding hydrogens is 282 g/mol. The summed E-state index contributed by atoms with van der Waals surface area (Å²) in [6.07, 6.45) is 2.66. The van der Waals surface area contributed by atoms with Crippen LogP contribution in [0.4, 0.5) is 4.79 Å². The Morgan fingerprint density at radius 1 is 1.20 bits per heavy atom. The lowest BCUT2D eigenvalue weighted by molar-refractivity contribution is 0.0488. The van der Waals surface area contributed by atoms with Gasteiger partial charge in [0.1, 0.15) is 5.60 Å². The first-order chi connectivity index (χ1) is 9.11. The normalized spacial score (nSPS) is 24.2. The van der Waals surface area contributed by atoms with Gasteiger partial charge in [0.05, 0.1) is 12.9 Å². The predicted octanol–water partition coefficient (Wildman–Crippen LogP) is 2.05. The number of carbonyl (C=O) groups is 1. The molecule has 1 rings (SSSR count). The first kappa shape index (κ1) is 17.2. The van der Waals surface area contributed by atoms with Crippen molar-refractivity contribution < 1.29 is 22.1 Å². The SMILES string of the molecule is COS(=O)(=O)C[C@H]1CC[C@H](NC(=O)OC(C)(C)C)CC1. The zero-order chi connectivity index (χ0) is 15.4. The van der Waals surface area contributed by atoms with Gasteiger partial charge in [-0.3, -0.25) is 4.18 Å². The van der Waals surface area contributed by atoms with Crippen molar-refractivity contribution in [2.24, 2.45) is 5.92 Å². The standard InChI is InChI=1S/C13H25NO5S/c1-13(2,3)19-12(15)14-11-7-5-10(6-8-11)9-20(16,17)18-4/h10-11H,5-9H2,1-4H3,(H,14,15)/t10-,11-. The Hall–Kier alpha value is -0.820. The van der Waals surface area contributed by atoms with E-state index in [9.17, 15) is 13.2 Å². The Bertz CT molecular complexity index is 419. The van der Waals surface area contributed by atoms with Gasteiger partial charge in [-0.05, 0) is 52.4 Å². The molecule has 20 heavy (non-hydrogen) atoms. The lowest BCUT2D eigenvalue weighted by Gasteiger charge is -2.29. The zero-order valence-corrected chi connectivity index (χ0v) is 13.5. The van der Waals surface area contributed by atoms with Gasteiger partial charge in [-0.2, -0.15) is 8.42 Å². The van der Waals surface area contributed by atoms with Crippen LogP contribution in [-0.2, 0) is 19.0 Å². The fraction of sp³-hybridized carbons (Fsp3) is 0.923. The number of amides is 1. The van der Waals surface area contributed by atoms with Gasteiger partial charge in [-0.25, -0.2) is 4.79 Å². The molecule has 6 nitrogen and oxygen atoms in total. The van der Waals surface area contributed by atoms with Crippen LogP contribution in [0.1, 0.15) is 46.5 Å². The summed E-state index contributed by atoms with van der Waals surface area (Å²) in [5.41, 5.74) is -0.506. The predicted molar refractivity (Wildman–Crippen MR) is 75.9 cm³/mol. The van der Waals surface area contributed by atoms with Crippen LogP contribution < -0.4 is 5.32 Å². The number of carbonyl (C=O) groups excluding carboxylic acids is 1. The van der Waals surface area contributed by atoms with Gasteiger partial charge in [0, 0.05) is 6.04 Å². The van der Waals surface area contributed by atoms with Gasteiger partial charge < -0.3 is 10.1 Å². The highest BCUT2D eigenvalue weighted by Crippen LogP contribution is 2.26. The molecule has 1 saturated carbocycles. The van der Waals surface area contributed by atoms with Crippen LogP contribution in [0.2, 0.25) is 0 Å². The molecule has 0 aromatic heterocycles. The van der Waals surface area contributed by atoms with E-state index in [1.807, 2.05) is 20.8 Å². The van der Waals surface area contributed by atoms with E-state index in [1.165, 1.54) is 7.11 Å². The summed E-state index contributed by atoms with van der Waals surface area (Å²) in [5.74, 6) is 0.166. The molecule has 118 valence electrons. The molecule has 1 aliphatic rings. The molecule has 0 atom stereocenters. The van der Waals surface area contributed by atoms with Crippen molar-refractivity contribution in [2.75, 3.05) is 12.9 Å². The molecule has 1 N–H and O–H groups in total. The number of hydrogen-bond donors (Lipinski definition) is 1. The number of nitrogens with one attached hydrogen (secondary N) is 1. The van der Waals surface area contributed by atoms with E-state index in [1.54, 1.807) is 0 Å². The molecular formula is C13H25NO5S. The lowest BCUT2D eigenvalue weighted by Crippen LogP contribution is -2.41. The molecule has 1 amide bonds. The first-order valence-electron chi connectivity index (χ1n) is 6.89. The second-order valence-electron chi connectivity index (χ2n) is 6.25. The summed E-state index contributed by atoms with van der Waals surface area (Å²) in [6, 6.07) is 0.0614. The quantitative estimate of drug-likeness (QED) is 0.804. The monoisotopic (exact) mass is 307 g/mol. The van der Waals surface area contributed by atoms with Gasteiger partial charge in [0.15, 0.2) is 0 Å². The molecule has 0 aromatic rings. The number of hydrogen-bond acceptors (Lipinski definition) is 5. The maximum absolute atomic E-state index is 11.6. The van der Waals surface area contributed by atoms with E-state index in [0.717, 1.165) is 25.7 Å². The highest BCUT2D eigenvalue weighted by molar-refractivity contribution is 7.86. The Kier molecular flexibility index (Phi) is 5.82. The number of rotatable bonds is 4. The van der Waals surface area contributed by atoms with E-state index < -0.39 is 21.8 Å². The van der Waals surface area contributed by atoms with Gasteiger partial charge >= 0.3 is 6.09 Å². The van der Waals surface area contributed by atoms with Crippen LogP contribution >= 0.6 is 0 Å². The third kappa shape index (κ3) is 6.56. The molecule has 1 aliphatic carbocycles. The maximum Gasteiger partial charge on any atom is 0.407 e. The van der Waals surface area contributed by atoms with Crippen LogP contribution in [-0.4, -0.2) is 39.0 Å². The second kappa shape index (κ2) is 6.76. The molecule has 0 aromatic carbocycles. The fourth-order valence-electron chi connectivity index (χ4n) is 2.30. The first-order valence-corrected chi connectivity index (χ1v) is 8.47. The van der Waals surface area contributed by atoms with Crippen molar-refractivity contribution >= 4 is 16.2 Å². The molecule has 0 spiro atoms. The summed E-state index contributed by atoms with van der Waals surface area (Å²) in [7, 11) is -2.21. The van der Waals surface area contributed by atoms with E-state index in [4.69, 9.17) is 4.74 Å². The highest BCUT2D eigenvalue weighted by atomic mass is 32.2. The van der Waals surface area contributed by atoms with Crippen molar-refractivity contribution in [3.8, 4) is 0 Å². The molecule has 0 bridgehead atoms. The zero-order valence-electron chi connectivity index (χ0n) is 12.6. The Morgan fingerprint density at radius 2 is 1.75 bits per heavy atom. The molecule has 0 aliphatic heterocycles. The van der Waals surface area contributed by atoms with Crippen LogP contribution in [0, 0.1) is 5.92 Å². The Balaban J connectivity index is 2.34. The van der Waals surface area contributed by atoms with E-state index in [-0.39, 0.29) is 17.7 Å². The smallest absolute Gasteiger partial charge is 0.407 e. The van der Waals surface area contributed by atoms with Crippen molar-refractivity contribution in [2.45, 2.75) is 58.1 Å². The Labute approximate surface area is 121 Å². The average molecular weight is 307 g/mol. The van der Waals surface area contributed by atoms with Gasteiger partial charge in [-0.15, -0.1) is 0 Å². The van der Waals surface area contributed by atoms with Gasteiger partial charge in [0.2, 0.25) is 0 Å². The van der Waals surface area contributed by atoms with Gasteiger partial charge in [0.25, 0.3) is 10.1 Å². The minimum Gasteiger partial charge on any atom is -0.444 e. The van der Waals surface area contributed by atoms with Crippen molar-refractivity contribution in [3.05, 3.63) is 0 Å². The average Bonchev–Trinajstić information content (AvgIpc) is 2.29. The van der Waals surface area contributed by atoms with Crippen molar-refractivity contribution in [1.29, 1.82) is 0 Å². The third-order valence-corrected chi connectivity index (χ3v) is 4.65. The fourth-order valence-corrected chi connectivity index (χ4v) is 3.35. The summed E-state index contributed by atoms with van der Waals surface area (Å²) in [4.78, 5) is 11.6. The topological polar surface area (TPSA) is 81.7 Å². The third-order valence-electron chi connectivity index (χ3n) is 3.26. The Morgan fingerprint density at radius 3 is 2.20 bits per heavy atom. The molecule has 0 saturated heterocycles. The minimum atomic E-state index is -3.40. The second-order valence-corrected chi connectivity index (χ2v) is 8.04. The summed E-state index contributed by atoms with van der Waals surface area (Å²) in [6.45, 7) is 5.46. The molecule has 0 radical (unpaired) electrons. The number of alkyl carbamates (subject to hydrolysis) is 1. The van der Waals surface area contributed by atoms with Gasteiger partial charge in [-0.1, -0.05) is 0 Å². The maximum atomic E-state index is 11.6. The minimum absolute atomic E-state index is 0.0582. The number of ether oxygens (including phenoxy) is 1. The van der Waals surface area contributed by atoms with Crippen molar-refractivity contribution in [1.82, 2.24) is 5.32 Å². The van der Waals surface area contributed by atoms with E-state index in [2.05, 4.69) is 9.50 Å². The molecule has 7 heteroatoms. The highest BCUT2D eigenvalue weighted by Gasteiger charge is 2.27. The molecule has 0 heterocycles. The molecule has 1 fully saturated rings. The summed E-state index contributed by atoms with van der Waals surface area (Å²) < 4.78 is 32.4. The lowest BCUT2D eigenvalue weighted by atomic mass is 9.87. The van der Waals surface area contributed by atoms with Crippen LogP contribution in [0.3, 0.4) is 0 Å². The summed E-state index contributed by atoms with van der Waals surface area (Å²) in [5, 5.41) is 2.83. The van der Waals surface area contributed by atoms with Crippen LogP contribution in [0.5, 0.6) is 0 Å². The van der Waals surface area contributed by atoms with E-state index in [0.29, 0.717) is 0 Å². The molecule has 0 unspecified atom stereocenters. The van der Waals surface area contributed by atoms with Crippen LogP contribution in [0.25, 0.3) is 0 Å². The van der Waals surface area contributed by atoms with Crippen LogP contribution in [0.15, 0.2) is 0 Å². The largest absolute Gasteiger partial charge is 0.444 e. The van der Waals surface area contributed by atoms with E-state index >= 15 is 0 Å². The van der Waals surface area contributed by atoms with Crippen molar-refractivity contribution in [3.63, 3.8) is 0 Å².